The van der Waals surface area contributed by atoms with Crippen LogP contribution in [0.3, 0.4) is 0 Å². The van der Waals surface area contributed by atoms with Gasteiger partial charge in [-0.25, -0.2) is 4.39 Å². The van der Waals surface area contributed by atoms with E-state index in [0.29, 0.717) is 4.90 Å². The van der Waals surface area contributed by atoms with Crippen LogP contribution in [-0.4, -0.2) is 42.3 Å². The summed E-state index contributed by atoms with van der Waals surface area (Å²) in [5.74, 6) is 2.77. The van der Waals surface area contributed by atoms with Gasteiger partial charge in [-0.05, 0) is 18.2 Å². The third-order valence-corrected chi connectivity index (χ3v) is 2.28. The molecule has 0 saturated carbocycles. The van der Waals surface area contributed by atoms with Gasteiger partial charge in [0.05, 0.1) is 5.56 Å². The number of amides is 1. The SMILES string of the molecule is CN(CC(F)(F)F)C(=O)c1ccc(C#CCO)c(F)c1. The number of carbonyl (C=O) groups excluding carboxylic acids is 1. The third kappa shape index (κ3) is 4.55. The van der Waals surface area contributed by atoms with Crippen molar-refractivity contribution in [3.8, 4) is 11.8 Å². The lowest BCUT2D eigenvalue weighted by molar-refractivity contribution is -0.138. The van der Waals surface area contributed by atoms with Crippen molar-refractivity contribution in [1.29, 1.82) is 0 Å². The molecule has 0 spiro atoms. The molecule has 0 aliphatic rings. The number of aliphatic hydroxyl groups excluding tert-OH is 1. The molecule has 0 aliphatic carbocycles. The molecule has 1 rings (SSSR count). The zero-order valence-corrected chi connectivity index (χ0v) is 10.5. The first kappa shape index (κ1) is 16.0. The Kier molecular flexibility index (Phi) is 5.11. The highest BCUT2D eigenvalue weighted by atomic mass is 19.4. The molecule has 0 aromatic heterocycles. The van der Waals surface area contributed by atoms with E-state index < -0.39 is 31.1 Å². The van der Waals surface area contributed by atoms with Crippen molar-refractivity contribution in [1.82, 2.24) is 4.90 Å². The van der Waals surface area contributed by atoms with E-state index in [2.05, 4.69) is 11.8 Å². The van der Waals surface area contributed by atoms with Gasteiger partial charge >= 0.3 is 6.18 Å². The number of hydrogen-bond acceptors (Lipinski definition) is 2. The molecule has 0 saturated heterocycles. The Labute approximate surface area is 112 Å². The quantitative estimate of drug-likeness (QED) is 0.666. The Hall–Kier alpha value is -2.07. The van der Waals surface area contributed by atoms with Gasteiger partial charge in [0.15, 0.2) is 0 Å². The number of aliphatic hydroxyl groups is 1. The second kappa shape index (κ2) is 6.39. The van der Waals surface area contributed by atoms with Gasteiger partial charge < -0.3 is 10.0 Å². The summed E-state index contributed by atoms with van der Waals surface area (Å²) in [6, 6.07) is 3.17. The normalized spacial score (nSPS) is 10.7. The van der Waals surface area contributed by atoms with Gasteiger partial charge in [0, 0.05) is 12.6 Å². The maximum absolute atomic E-state index is 13.6. The van der Waals surface area contributed by atoms with Crippen molar-refractivity contribution in [2.45, 2.75) is 6.18 Å². The minimum Gasteiger partial charge on any atom is -0.384 e. The molecule has 0 atom stereocenters. The summed E-state index contributed by atoms with van der Waals surface area (Å²) in [5.41, 5.74) is -0.252. The van der Waals surface area contributed by atoms with E-state index in [1.54, 1.807) is 0 Å². The summed E-state index contributed by atoms with van der Waals surface area (Å²) in [6.45, 7) is -1.87. The van der Waals surface area contributed by atoms with Crippen LogP contribution in [-0.2, 0) is 0 Å². The molecular formula is C13H11F4NO2. The minimum absolute atomic E-state index is 0.0472. The van der Waals surface area contributed by atoms with Gasteiger partial charge in [-0.1, -0.05) is 11.8 Å². The summed E-state index contributed by atoms with van der Waals surface area (Å²) < 4.78 is 50.0. The molecule has 0 bridgehead atoms. The molecule has 1 amide bonds. The molecule has 3 nitrogen and oxygen atoms in total. The van der Waals surface area contributed by atoms with Gasteiger partial charge in [-0.2, -0.15) is 13.2 Å². The number of rotatable bonds is 2. The molecule has 1 aromatic rings. The number of halogens is 4. The predicted molar refractivity (Wildman–Crippen MR) is 63.4 cm³/mol. The fourth-order valence-electron chi connectivity index (χ4n) is 1.45. The van der Waals surface area contributed by atoms with E-state index in [1.807, 2.05) is 0 Å². The molecule has 0 radical (unpaired) electrons. The van der Waals surface area contributed by atoms with Crippen molar-refractivity contribution >= 4 is 5.91 Å². The highest BCUT2D eigenvalue weighted by Crippen LogP contribution is 2.18. The molecule has 0 aliphatic heterocycles. The van der Waals surface area contributed by atoms with Crippen molar-refractivity contribution < 1.29 is 27.5 Å². The lowest BCUT2D eigenvalue weighted by Gasteiger charge is -2.19. The van der Waals surface area contributed by atoms with Crippen molar-refractivity contribution in [2.75, 3.05) is 20.2 Å². The predicted octanol–water partition coefficient (Wildman–Crippen LogP) is 1.80. The number of benzene rings is 1. The zero-order chi connectivity index (χ0) is 15.3. The van der Waals surface area contributed by atoms with Crippen LogP contribution in [0, 0.1) is 17.7 Å². The van der Waals surface area contributed by atoms with Gasteiger partial charge in [-0.3, -0.25) is 4.79 Å². The van der Waals surface area contributed by atoms with Crippen molar-refractivity contribution in [2.24, 2.45) is 0 Å². The van der Waals surface area contributed by atoms with Crippen LogP contribution >= 0.6 is 0 Å². The van der Waals surface area contributed by atoms with E-state index in [-0.39, 0.29) is 11.1 Å². The average Bonchev–Trinajstić information content (AvgIpc) is 2.34. The molecule has 20 heavy (non-hydrogen) atoms. The molecule has 0 unspecified atom stereocenters. The number of hydrogen-bond donors (Lipinski definition) is 1. The fourth-order valence-corrected chi connectivity index (χ4v) is 1.45. The van der Waals surface area contributed by atoms with E-state index in [1.165, 1.54) is 12.1 Å². The molecule has 0 heterocycles. The maximum Gasteiger partial charge on any atom is 0.406 e. The second-order valence-corrected chi connectivity index (χ2v) is 3.93. The summed E-state index contributed by atoms with van der Waals surface area (Å²) in [5, 5.41) is 8.48. The summed E-state index contributed by atoms with van der Waals surface area (Å²) in [4.78, 5) is 12.1. The van der Waals surface area contributed by atoms with Gasteiger partial charge in [-0.15, -0.1) is 0 Å². The Bertz CT molecular complexity index is 558. The first-order valence-corrected chi connectivity index (χ1v) is 5.46. The molecule has 1 aromatic carbocycles. The van der Waals surface area contributed by atoms with Crippen molar-refractivity contribution in [3.05, 3.63) is 35.1 Å². The average molecular weight is 289 g/mol. The standard InChI is InChI=1S/C13H11F4NO2/c1-18(8-13(15,16)17)12(20)10-5-4-9(3-2-6-19)11(14)7-10/h4-5,7,19H,6,8H2,1H3. The molecule has 0 fully saturated rings. The molecular weight excluding hydrogens is 278 g/mol. The largest absolute Gasteiger partial charge is 0.406 e. The van der Waals surface area contributed by atoms with Crippen LogP contribution in [0.1, 0.15) is 15.9 Å². The third-order valence-electron chi connectivity index (χ3n) is 2.28. The fraction of sp³-hybridized carbons (Fsp3) is 0.308. The molecule has 7 heteroatoms. The van der Waals surface area contributed by atoms with E-state index in [9.17, 15) is 22.4 Å². The summed E-state index contributed by atoms with van der Waals surface area (Å²) in [6.07, 6.45) is -4.52. The lowest BCUT2D eigenvalue weighted by atomic mass is 10.1. The molecule has 108 valence electrons. The summed E-state index contributed by atoms with van der Waals surface area (Å²) in [7, 11) is 0.979. The lowest BCUT2D eigenvalue weighted by Crippen LogP contribution is -2.35. The smallest absolute Gasteiger partial charge is 0.384 e. The van der Waals surface area contributed by atoms with Gasteiger partial charge in [0.1, 0.15) is 19.0 Å². The monoisotopic (exact) mass is 289 g/mol. The second-order valence-electron chi connectivity index (χ2n) is 3.93. The maximum atomic E-state index is 13.6. The van der Waals surface area contributed by atoms with Gasteiger partial charge in [0.25, 0.3) is 5.91 Å². The van der Waals surface area contributed by atoms with E-state index >= 15 is 0 Å². The van der Waals surface area contributed by atoms with Crippen LogP contribution in [0.4, 0.5) is 17.6 Å². The Morgan fingerprint density at radius 3 is 2.55 bits per heavy atom. The van der Waals surface area contributed by atoms with E-state index in [4.69, 9.17) is 5.11 Å². The van der Waals surface area contributed by atoms with Crippen LogP contribution < -0.4 is 0 Å². The van der Waals surface area contributed by atoms with E-state index in [0.717, 1.165) is 13.1 Å². The number of carbonyl (C=O) groups is 1. The van der Waals surface area contributed by atoms with Gasteiger partial charge in [0.2, 0.25) is 0 Å². The summed E-state index contributed by atoms with van der Waals surface area (Å²) >= 11 is 0. The Balaban J connectivity index is 2.92. The minimum atomic E-state index is -4.52. The highest BCUT2D eigenvalue weighted by molar-refractivity contribution is 5.94. The number of alkyl halides is 3. The topological polar surface area (TPSA) is 40.5 Å². The first-order valence-electron chi connectivity index (χ1n) is 5.46. The zero-order valence-electron chi connectivity index (χ0n) is 10.5. The van der Waals surface area contributed by atoms with Crippen LogP contribution in [0.2, 0.25) is 0 Å². The Morgan fingerprint density at radius 1 is 1.40 bits per heavy atom. The first-order chi connectivity index (χ1) is 9.24. The molecule has 1 N–H and O–H groups in total. The van der Waals surface area contributed by atoms with Crippen LogP contribution in [0.5, 0.6) is 0 Å². The van der Waals surface area contributed by atoms with Crippen LogP contribution in [0.25, 0.3) is 0 Å². The van der Waals surface area contributed by atoms with Crippen LogP contribution in [0.15, 0.2) is 18.2 Å². The number of nitrogens with zero attached hydrogens (tertiary/aromatic N) is 1. The van der Waals surface area contributed by atoms with Crippen molar-refractivity contribution in [3.63, 3.8) is 0 Å². The highest BCUT2D eigenvalue weighted by Gasteiger charge is 2.31. The Morgan fingerprint density at radius 2 is 2.05 bits per heavy atom.